The Kier molecular flexibility index (Phi) is 3.74. The molecule has 0 aliphatic rings. The summed E-state index contributed by atoms with van der Waals surface area (Å²) in [5.41, 5.74) is 7.15. The topological polar surface area (TPSA) is 0 Å². The summed E-state index contributed by atoms with van der Waals surface area (Å²) in [4.78, 5) is 0. The van der Waals surface area contributed by atoms with E-state index in [1.54, 1.807) is 0 Å². The normalized spacial score (nSPS) is 8.08. The van der Waals surface area contributed by atoms with Crippen molar-refractivity contribution in [2.75, 3.05) is 0 Å². The van der Waals surface area contributed by atoms with Crippen LogP contribution >= 0.6 is 0 Å². The highest BCUT2D eigenvalue weighted by atomic mass is 13.9. The summed E-state index contributed by atoms with van der Waals surface area (Å²) >= 11 is 0. The Morgan fingerprint density at radius 3 is 2.58 bits per heavy atom. The predicted molar refractivity (Wildman–Crippen MR) is 52.0 cm³/mol. The predicted octanol–water partition coefficient (Wildman–Crippen LogP) is 3.12. The SMILES string of the molecule is CC=C=C=CCc1ccccc1. The van der Waals surface area contributed by atoms with Gasteiger partial charge in [0.15, 0.2) is 0 Å². The molecular formula is C12H12. The fourth-order valence-corrected chi connectivity index (χ4v) is 0.925. The molecule has 0 atom stereocenters. The van der Waals surface area contributed by atoms with Gasteiger partial charge in [-0.1, -0.05) is 41.8 Å². The van der Waals surface area contributed by atoms with Crippen molar-refractivity contribution in [3.63, 3.8) is 0 Å². The van der Waals surface area contributed by atoms with E-state index in [4.69, 9.17) is 0 Å². The first kappa shape index (κ1) is 8.62. The molecule has 0 fully saturated rings. The molecule has 0 bridgehead atoms. The molecule has 0 nitrogen and oxygen atoms in total. The van der Waals surface area contributed by atoms with Crippen molar-refractivity contribution in [1.82, 2.24) is 0 Å². The van der Waals surface area contributed by atoms with Crippen LogP contribution in [0.25, 0.3) is 0 Å². The van der Waals surface area contributed by atoms with Crippen LogP contribution in [-0.2, 0) is 6.42 Å². The number of hydrogen-bond acceptors (Lipinski definition) is 0. The fourth-order valence-electron chi connectivity index (χ4n) is 0.925. The fraction of sp³-hybridized carbons (Fsp3) is 0.167. The molecule has 1 aromatic carbocycles. The van der Waals surface area contributed by atoms with E-state index in [1.165, 1.54) is 5.56 Å². The van der Waals surface area contributed by atoms with Crippen molar-refractivity contribution < 1.29 is 0 Å². The summed E-state index contributed by atoms with van der Waals surface area (Å²) in [6.45, 7) is 1.93. The number of rotatable bonds is 2. The molecule has 0 heteroatoms. The summed E-state index contributed by atoms with van der Waals surface area (Å²) in [6, 6.07) is 10.3. The second-order valence-electron chi connectivity index (χ2n) is 2.47. The average molecular weight is 156 g/mol. The van der Waals surface area contributed by atoms with Crippen molar-refractivity contribution in [2.45, 2.75) is 13.3 Å². The van der Waals surface area contributed by atoms with Crippen LogP contribution in [-0.4, -0.2) is 0 Å². The molecule has 0 aromatic heterocycles. The lowest BCUT2D eigenvalue weighted by atomic mass is 10.1. The van der Waals surface area contributed by atoms with E-state index in [1.807, 2.05) is 37.3 Å². The lowest BCUT2D eigenvalue weighted by molar-refractivity contribution is 1.27. The first-order valence-corrected chi connectivity index (χ1v) is 4.08. The largest absolute Gasteiger partial charge is 0.0753 e. The van der Waals surface area contributed by atoms with Crippen molar-refractivity contribution >= 4 is 0 Å². The van der Waals surface area contributed by atoms with Gasteiger partial charge in [0.2, 0.25) is 0 Å². The molecule has 0 aliphatic heterocycles. The molecule has 0 aliphatic carbocycles. The minimum Gasteiger partial charge on any atom is -0.0753 e. The zero-order chi connectivity index (χ0) is 8.65. The van der Waals surface area contributed by atoms with Gasteiger partial charge >= 0.3 is 0 Å². The van der Waals surface area contributed by atoms with Gasteiger partial charge in [-0.25, -0.2) is 0 Å². The van der Waals surface area contributed by atoms with Gasteiger partial charge in [0.25, 0.3) is 0 Å². The van der Waals surface area contributed by atoms with Crippen molar-refractivity contribution in [1.29, 1.82) is 0 Å². The lowest BCUT2D eigenvalue weighted by Crippen LogP contribution is -1.76. The highest BCUT2D eigenvalue weighted by Crippen LogP contribution is 1.98. The molecule has 0 spiro atoms. The number of benzene rings is 1. The molecule has 0 radical (unpaired) electrons. The molecule has 12 heavy (non-hydrogen) atoms. The average Bonchev–Trinajstić information content (AvgIpc) is 2.14. The van der Waals surface area contributed by atoms with E-state index in [0.29, 0.717) is 0 Å². The monoisotopic (exact) mass is 156 g/mol. The second-order valence-corrected chi connectivity index (χ2v) is 2.47. The van der Waals surface area contributed by atoms with Crippen molar-refractivity contribution in [3.8, 4) is 0 Å². The Morgan fingerprint density at radius 2 is 1.92 bits per heavy atom. The van der Waals surface area contributed by atoms with Gasteiger partial charge < -0.3 is 0 Å². The van der Waals surface area contributed by atoms with Crippen LogP contribution in [0.15, 0.2) is 53.9 Å². The third kappa shape index (κ3) is 3.07. The first-order valence-electron chi connectivity index (χ1n) is 4.08. The first-order chi connectivity index (χ1) is 5.93. The maximum atomic E-state index is 2.95. The minimum atomic E-state index is 0.932. The van der Waals surface area contributed by atoms with Crippen molar-refractivity contribution in [2.24, 2.45) is 0 Å². The molecule has 0 N–H and O–H groups in total. The van der Waals surface area contributed by atoms with E-state index < -0.39 is 0 Å². The maximum Gasteiger partial charge on any atom is -0.00148 e. The summed E-state index contributed by atoms with van der Waals surface area (Å²) in [6.07, 6.45) is 4.76. The summed E-state index contributed by atoms with van der Waals surface area (Å²) in [5, 5.41) is 0. The van der Waals surface area contributed by atoms with Gasteiger partial charge in [-0.3, -0.25) is 0 Å². The van der Waals surface area contributed by atoms with E-state index >= 15 is 0 Å². The molecule has 60 valence electrons. The second kappa shape index (κ2) is 5.21. The van der Waals surface area contributed by atoms with Gasteiger partial charge in [0.1, 0.15) is 0 Å². The molecular weight excluding hydrogens is 144 g/mol. The Morgan fingerprint density at radius 1 is 1.17 bits per heavy atom. The number of allylic oxidation sites excluding steroid dienone is 2. The van der Waals surface area contributed by atoms with Crippen LogP contribution in [0.4, 0.5) is 0 Å². The lowest BCUT2D eigenvalue weighted by Gasteiger charge is -1.90. The molecule has 0 amide bonds. The van der Waals surface area contributed by atoms with Crippen LogP contribution in [0, 0.1) is 0 Å². The quantitative estimate of drug-likeness (QED) is 0.577. The third-order valence-electron chi connectivity index (χ3n) is 1.51. The van der Waals surface area contributed by atoms with Crippen LogP contribution in [0.3, 0.4) is 0 Å². The van der Waals surface area contributed by atoms with Crippen molar-refractivity contribution in [3.05, 3.63) is 59.5 Å². The summed E-state index contributed by atoms with van der Waals surface area (Å²) < 4.78 is 0. The highest BCUT2D eigenvalue weighted by Gasteiger charge is 1.83. The Labute approximate surface area is 73.6 Å². The maximum absolute atomic E-state index is 2.95. The van der Waals surface area contributed by atoms with Gasteiger partial charge in [-0.15, -0.1) is 0 Å². The van der Waals surface area contributed by atoms with Crippen LogP contribution in [0.1, 0.15) is 12.5 Å². The van der Waals surface area contributed by atoms with Crippen LogP contribution < -0.4 is 0 Å². The molecule has 1 rings (SSSR count). The summed E-state index contributed by atoms with van der Waals surface area (Å²) in [7, 11) is 0. The smallest absolute Gasteiger partial charge is 0.00148 e. The zero-order valence-electron chi connectivity index (χ0n) is 7.25. The standard InChI is InChI=1S/C12H12/c1-2-3-4-6-9-12-10-7-5-8-11-12/h2,5-8,10-11H,9H2,1H3. The summed E-state index contributed by atoms with van der Waals surface area (Å²) in [5.74, 6) is 0. The minimum absolute atomic E-state index is 0.932. The van der Waals surface area contributed by atoms with Crippen LogP contribution in [0.2, 0.25) is 0 Å². The van der Waals surface area contributed by atoms with Gasteiger partial charge in [-0.05, 0) is 31.1 Å². The zero-order valence-corrected chi connectivity index (χ0v) is 7.25. The third-order valence-corrected chi connectivity index (χ3v) is 1.51. The van der Waals surface area contributed by atoms with E-state index in [-0.39, 0.29) is 0 Å². The number of hydrogen-bond donors (Lipinski definition) is 0. The molecule has 0 unspecified atom stereocenters. The Bertz CT molecular complexity index is 307. The van der Waals surface area contributed by atoms with E-state index in [9.17, 15) is 0 Å². The van der Waals surface area contributed by atoms with Crippen LogP contribution in [0.5, 0.6) is 0 Å². The molecule has 0 heterocycles. The molecule has 1 aromatic rings. The van der Waals surface area contributed by atoms with Gasteiger partial charge in [0.05, 0.1) is 0 Å². The van der Waals surface area contributed by atoms with E-state index in [2.05, 4.69) is 23.6 Å². The molecule has 0 saturated carbocycles. The van der Waals surface area contributed by atoms with E-state index in [0.717, 1.165) is 6.42 Å². The molecule has 0 saturated heterocycles. The Balaban J connectivity index is 2.60. The van der Waals surface area contributed by atoms with Gasteiger partial charge in [0, 0.05) is 0 Å². The Hall–Kier alpha value is -1.48. The highest BCUT2D eigenvalue weighted by molar-refractivity contribution is 5.17. The van der Waals surface area contributed by atoms with Gasteiger partial charge in [-0.2, -0.15) is 0 Å².